The molecular formula is C19H15+. The summed E-state index contributed by atoms with van der Waals surface area (Å²) < 4.78 is 0. The van der Waals surface area contributed by atoms with Crippen molar-refractivity contribution in [2.75, 3.05) is 0 Å². The first kappa shape index (κ1) is 10.7. The Morgan fingerprint density at radius 2 is 1.11 bits per heavy atom. The lowest BCUT2D eigenvalue weighted by atomic mass is 9.91. The molecule has 0 spiro atoms. The van der Waals surface area contributed by atoms with Gasteiger partial charge in [0, 0.05) is 35.9 Å². The van der Waals surface area contributed by atoms with Gasteiger partial charge < -0.3 is 0 Å². The highest BCUT2D eigenvalue weighted by Crippen LogP contribution is 2.35. The van der Waals surface area contributed by atoms with Crippen molar-refractivity contribution in [1.29, 1.82) is 0 Å². The highest BCUT2D eigenvalue weighted by atomic mass is 14.1. The maximum Gasteiger partial charge on any atom is 0.133 e. The van der Waals surface area contributed by atoms with Gasteiger partial charge >= 0.3 is 0 Å². The molecule has 0 radical (unpaired) electrons. The Bertz CT molecular complexity index is 820. The predicted octanol–water partition coefficient (Wildman–Crippen LogP) is 5.55. The molecule has 0 heteroatoms. The van der Waals surface area contributed by atoms with E-state index in [2.05, 4.69) is 68.4 Å². The van der Waals surface area contributed by atoms with Crippen molar-refractivity contribution in [3.8, 4) is 0 Å². The van der Waals surface area contributed by atoms with Crippen LogP contribution in [0, 0.1) is 5.92 Å². The summed E-state index contributed by atoms with van der Waals surface area (Å²) in [7, 11) is 0. The molecule has 0 nitrogen and oxygen atoms in total. The standard InChI is InChI=1S/C19H15/c1-12(2)17-10-15-8-6-13-4-3-5-14-7-9-16(11-17)19(15)18(13)14/h3-11H,1-2H3/q+1. The first-order chi connectivity index (χ1) is 9.24. The minimum absolute atomic E-state index is 1.33. The molecular weight excluding hydrogens is 228 g/mol. The summed E-state index contributed by atoms with van der Waals surface area (Å²) in [5.41, 5.74) is 1.34. The van der Waals surface area contributed by atoms with E-state index in [1.807, 2.05) is 0 Å². The van der Waals surface area contributed by atoms with E-state index < -0.39 is 0 Å². The molecule has 0 unspecified atom stereocenters. The molecule has 0 aromatic heterocycles. The van der Waals surface area contributed by atoms with E-state index in [1.165, 1.54) is 43.8 Å². The summed E-state index contributed by atoms with van der Waals surface area (Å²) >= 11 is 0. The zero-order chi connectivity index (χ0) is 13.0. The molecule has 4 aromatic rings. The molecule has 0 saturated heterocycles. The Labute approximate surface area is 113 Å². The summed E-state index contributed by atoms with van der Waals surface area (Å²) in [5, 5.41) is 8.16. The average molecular weight is 243 g/mol. The van der Waals surface area contributed by atoms with Crippen LogP contribution in [0.3, 0.4) is 0 Å². The van der Waals surface area contributed by atoms with Gasteiger partial charge in [-0.25, -0.2) is 0 Å². The lowest BCUT2D eigenvalue weighted by Gasteiger charge is -2.09. The van der Waals surface area contributed by atoms with Gasteiger partial charge in [0.2, 0.25) is 0 Å². The molecule has 90 valence electrons. The van der Waals surface area contributed by atoms with Crippen LogP contribution in [0.5, 0.6) is 0 Å². The van der Waals surface area contributed by atoms with Crippen molar-refractivity contribution in [2.45, 2.75) is 13.8 Å². The van der Waals surface area contributed by atoms with Gasteiger partial charge in [0.15, 0.2) is 0 Å². The van der Waals surface area contributed by atoms with Crippen LogP contribution in [0.25, 0.3) is 32.3 Å². The van der Waals surface area contributed by atoms with Gasteiger partial charge in [-0.1, -0.05) is 30.3 Å². The fourth-order valence-corrected chi connectivity index (χ4v) is 3.04. The maximum atomic E-state index is 2.31. The van der Waals surface area contributed by atoms with Crippen molar-refractivity contribution >= 4 is 32.3 Å². The fourth-order valence-electron chi connectivity index (χ4n) is 3.04. The van der Waals surface area contributed by atoms with E-state index in [0.29, 0.717) is 0 Å². The Morgan fingerprint density at radius 1 is 0.632 bits per heavy atom. The summed E-state index contributed by atoms with van der Waals surface area (Å²) in [4.78, 5) is 0. The zero-order valence-electron chi connectivity index (χ0n) is 11.2. The molecule has 0 saturated carbocycles. The normalized spacial score (nSPS) is 11.7. The highest BCUT2D eigenvalue weighted by molar-refractivity contribution is 6.23. The van der Waals surface area contributed by atoms with E-state index in [1.54, 1.807) is 0 Å². The van der Waals surface area contributed by atoms with Crippen LogP contribution in [-0.2, 0) is 0 Å². The van der Waals surface area contributed by atoms with Crippen LogP contribution < -0.4 is 0 Å². The second-order valence-electron chi connectivity index (χ2n) is 5.51. The summed E-state index contributed by atoms with van der Waals surface area (Å²) in [6.45, 7) is 4.35. The maximum absolute atomic E-state index is 2.31. The third-order valence-corrected chi connectivity index (χ3v) is 4.04. The van der Waals surface area contributed by atoms with Crippen LogP contribution in [0.2, 0.25) is 0 Å². The third-order valence-electron chi connectivity index (χ3n) is 4.04. The molecule has 0 N–H and O–H groups in total. The average Bonchev–Trinajstić information content (AvgIpc) is 2.44. The second-order valence-corrected chi connectivity index (χ2v) is 5.51. The molecule has 4 aromatic carbocycles. The molecule has 0 aliphatic carbocycles. The SMILES string of the molecule is C[C+](C)c1cc2ccc3cccc4ccc(c1)c2c34. The van der Waals surface area contributed by atoms with E-state index in [0.717, 1.165) is 0 Å². The number of rotatable bonds is 1. The van der Waals surface area contributed by atoms with Crippen LogP contribution >= 0.6 is 0 Å². The van der Waals surface area contributed by atoms with Crippen molar-refractivity contribution in [1.82, 2.24) is 0 Å². The van der Waals surface area contributed by atoms with Gasteiger partial charge in [-0.2, -0.15) is 0 Å². The largest absolute Gasteiger partial charge is 0.133 e. The molecule has 0 aliphatic rings. The molecule has 19 heavy (non-hydrogen) atoms. The monoisotopic (exact) mass is 243 g/mol. The molecule has 0 aliphatic heterocycles. The minimum atomic E-state index is 1.33. The summed E-state index contributed by atoms with van der Waals surface area (Å²) in [6.07, 6.45) is 0. The number of hydrogen-bond acceptors (Lipinski definition) is 0. The second kappa shape index (κ2) is 3.64. The molecule has 4 rings (SSSR count). The van der Waals surface area contributed by atoms with Gasteiger partial charge in [0.1, 0.15) is 5.56 Å². The topological polar surface area (TPSA) is 0 Å². The van der Waals surface area contributed by atoms with Gasteiger partial charge in [-0.3, -0.25) is 0 Å². The van der Waals surface area contributed by atoms with Gasteiger partial charge in [-0.05, 0) is 28.3 Å². The quantitative estimate of drug-likeness (QED) is 0.304. The van der Waals surface area contributed by atoms with E-state index in [4.69, 9.17) is 0 Å². The van der Waals surface area contributed by atoms with Crippen LogP contribution in [-0.4, -0.2) is 0 Å². The Morgan fingerprint density at radius 3 is 1.63 bits per heavy atom. The minimum Gasteiger partial charge on any atom is -0.0610 e. The van der Waals surface area contributed by atoms with Gasteiger partial charge in [0.25, 0.3) is 0 Å². The Balaban J connectivity index is 2.28. The first-order valence-electron chi connectivity index (χ1n) is 6.72. The predicted molar refractivity (Wildman–Crippen MR) is 83.8 cm³/mol. The molecule has 0 fully saturated rings. The molecule has 0 atom stereocenters. The highest BCUT2D eigenvalue weighted by Gasteiger charge is 2.15. The Hall–Kier alpha value is -2.21. The summed E-state index contributed by atoms with van der Waals surface area (Å²) in [6, 6.07) is 20.1. The number of hydrogen-bond donors (Lipinski definition) is 0. The lowest BCUT2D eigenvalue weighted by molar-refractivity contribution is 1.16. The zero-order valence-corrected chi connectivity index (χ0v) is 11.2. The number of benzene rings is 4. The Kier molecular flexibility index (Phi) is 2.05. The smallest absolute Gasteiger partial charge is 0.0610 e. The van der Waals surface area contributed by atoms with Gasteiger partial charge in [0.05, 0.1) is 12.1 Å². The first-order valence-corrected chi connectivity index (χ1v) is 6.72. The fraction of sp³-hybridized carbons (Fsp3) is 0.105. The van der Waals surface area contributed by atoms with E-state index in [-0.39, 0.29) is 0 Å². The third kappa shape index (κ3) is 1.43. The van der Waals surface area contributed by atoms with Crippen molar-refractivity contribution in [3.05, 3.63) is 66.1 Å². The van der Waals surface area contributed by atoms with Crippen molar-refractivity contribution in [3.63, 3.8) is 0 Å². The van der Waals surface area contributed by atoms with Crippen LogP contribution in [0.4, 0.5) is 0 Å². The van der Waals surface area contributed by atoms with Crippen LogP contribution in [0.15, 0.2) is 54.6 Å². The van der Waals surface area contributed by atoms with Crippen molar-refractivity contribution < 1.29 is 0 Å². The van der Waals surface area contributed by atoms with Gasteiger partial charge in [-0.15, -0.1) is 0 Å². The lowest BCUT2D eigenvalue weighted by Crippen LogP contribution is -1.90. The van der Waals surface area contributed by atoms with Crippen LogP contribution in [0.1, 0.15) is 19.4 Å². The van der Waals surface area contributed by atoms with Crippen molar-refractivity contribution in [2.24, 2.45) is 0 Å². The van der Waals surface area contributed by atoms with E-state index >= 15 is 0 Å². The summed E-state index contributed by atoms with van der Waals surface area (Å²) in [5.74, 6) is 1.37. The molecule has 0 amide bonds. The molecule has 0 heterocycles. The molecule has 0 bridgehead atoms. The van der Waals surface area contributed by atoms with E-state index in [9.17, 15) is 0 Å².